The minimum Gasteiger partial charge on any atom is -0.341 e. The van der Waals surface area contributed by atoms with Crippen LogP contribution in [0.3, 0.4) is 0 Å². The standard InChI is InChI=1S/C12H19N3O/c1-3-11(13)8-12(16)15(2)9-10-4-6-14-7-5-10/h4-7,11H,3,8-9,13H2,1-2H3. The molecule has 1 aromatic rings. The Kier molecular flexibility index (Phi) is 4.92. The van der Waals surface area contributed by atoms with Gasteiger partial charge < -0.3 is 10.6 Å². The lowest BCUT2D eigenvalue weighted by atomic mass is 10.1. The second-order valence-electron chi connectivity index (χ2n) is 3.98. The van der Waals surface area contributed by atoms with Crippen molar-refractivity contribution in [3.63, 3.8) is 0 Å². The zero-order chi connectivity index (χ0) is 12.0. The fourth-order valence-corrected chi connectivity index (χ4v) is 1.37. The third-order valence-electron chi connectivity index (χ3n) is 2.56. The molecule has 0 saturated carbocycles. The van der Waals surface area contributed by atoms with Gasteiger partial charge in [-0.1, -0.05) is 6.92 Å². The Morgan fingerprint density at radius 2 is 2.12 bits per heavy atom. The lowest BCUT2D eigenvalue weighted by Gasteiger charge is -2.19. The normalized spacial score (nSPS) is 12.2. The Hall–Kier alpha value is -1.42. The van der Waals surface area contributed by atoms with Crippen LogP contribution in [0.1, 0.15) is 25.3 Å². The van der Waals surface area contributed by atoms with Crippen molar-refractivity contribution in [3.05, 3.63) is 30.1 Å². The molecule has 1 amide bonds. The monoisotopic (exact) mass is 221 g/mol. The van der Waals surface area contributed by atoms with Crippen LogP contribution in [0.4, 0.5) is 0 Å². The molecule has 0 aromatic carbocycles. The molecule has 2 N–H and O–H groups in total. The molecule has 4 heteroatoms. The number of hydrogen-bond acceptors (Lipinski definition) is 3. The summed E-state index contributed by atoms with van der Waals surface area (Å²) in [5, 5.41) is 0. The van der Waals surface area contributed by atoms with Gasteiger partial charge in [0.2, 0.25) is 5.91 Å². The van der Waals surface area contributed by atoms with E-state index in [2.05, 4.69) is 4.98 Å². The van der Waals surface area contributed by atoms with E-state index in [1.807, 2.05) is 19.1 Å². The lowest BCUT2D eigenvalue weighted by Crippen LogP contribution is -2.32. The van der Waals surface area contributed by atoms with Crippen LogP contribution in [0.5, 0.6) is 0 Å². The number of nitrogens with two attached hydrogens (primary N) is 1. The number of amides is 1. The highest BCUT2D eigenvalue weighted by molar-refractivity contribution is 5.76. The van der Waals surface area contributed by atoms with E-state index in [-0.39, 0.29) is 11.9 Å². The minimum atomic E-state index is -0.0348. The smallest absolute Gasteiger partial charge is 0.224 e. The van der Waals surface area contributed by atoms with Gasteiger partial charge in [0.15, 0.2) is 0 Å². The van der Waals surface area contributed by atoms with Gasteiger partial charge in [0.05, 0.1) is 0 Å². The van der Waals surface area contributed by atoms with Crippen molar-refractivity contribution >= 4 is 5.91 Å². The molecule has 4 nitrogen and oxygen atoms in total. The van der Waals surface area contributed by atoms with Gasteiger partial charge in [0.1, 0.15) is 0 Å². The van der Waals surface area contributed by atoms with Gasteiger partial charge in [0.25, 0.3) is 0 Å². The first-order valence-electron chi connectivity index (χ1n) is 5.52. The number of hydrogen-bond donors (Lipinski definition) is 1. The van der Waals surface area contributed by atoms with E-state index in [0.29, 0.717) is 13.0 Å². The first kappa shape index (κ1) is 12.6. The number of nitrogens with zero attached hydrogens (tertiary/aromatic N) is 2. The van der Waals surface area contributed by atoms with Crippen molar-refractivity contribution < 1.29 is 4.79 Å². The summed E-state index contributed by atoms with van der Waals surface area (Å²) in [5.41, 5.74) is 6.83. The van der Waals surface area contributed by atoms with Crippen LogP contribution in [0, 0.1) is 0 Å². The van der Waals surface area contributed by atoms with E-state index in [4.69, 9.17) is 5.73 Å². The maximum atomic E-state index is 11.7. The molecule has 1 aromatic heterocycles. The summed E-state index contributed by atoms with van der Waals surface area (Å²) < 4.78 is 0. The third kappa shape index (κ3) is 3.98. The highest BCUT2D eigenvalue weighted by atomic mass is 16.2. The van der Waals surface area contributed by atoms with Crippen molar-refractivity contribution in [2.45, 2.75) is 32.4 Å². The Morgan fingerprint density at radius 1 is 1.50 bits per heavy atom. The first-order valence-corrected chi connectivity index (χ1v) is 5.52. The van der Waals surface area contributed by atoms with Gasteiger partial charge >= 0.3 is 0 Å². The van der Waals surface area contributed by atoms with E-state index in [0.717, 1.165) is 12.0 Å². The van der Waals surface area contributed by atoms with E-state index in [9.17, 15) is 4.79 Å². The zero-order valence-corrected chi connectivity index (χ0v) is 9.89. The van der Waals surface area contributed by atoms with Crippen molar-refractivity contribution in [2.75, 3.05) is 7.05 Å². The van der Waals surface area contributed by atoms with E-state index in [1.54, 1.807) is 24.3 Å². The van der Waals surface area contributed by atoms with Gasteiger partial charge in [-0.2, -0.15) is 0 Å². The second-order valence-corrected chi connectivity index (χ2v) is 3.98. The van der Waals surface area contributed by atoms with Gasteiger partial charge in [-0.3, -0.25) is 9.78 Å². The van der Waals surface area contributed by atoms with Gasteiger partial charge in [-0.25, -0.2) is 0 Å². The van der Waals surface area contributed by atoms with Crippen molar-refractivity contribution in [2.24, 2.45) is 5.73 Å². The first-order chi connectivity index (χ1) is 7.63. The maximum Gasteiger partial charge on any atom is 0.224 e. The molecule has 88 valence electrons. The molecular formula is C12H19N3O. The molecule has 0 aliphatic heterocycles. The molecule has 1 heterocycles. The molecule has 1 unspecified atom stereocenters. The summed E-state index contributed by atoms with van der Waals surface area (Å²) >= 11 is 0. The fraction of sp³-hybridized carbons (Fsp3) is 0.500. The van der Waals surface area contributed by atoms with E-state index in [1.165, 1.54) is 0 Å². The lowest BCUT2D eigenvalue weighted by molar-refractivity contribution is -0.130. The van der Waals surface area contributed by atoms with Crippen molar-refractivity contribution in [3.8, 4) is 0 Å². The number of carbonyl (C=O) groups excluding carboxylic acids is 1. The summed E-state index contributed by atoms with van der Waals surface area (Å²) in [7, 11) is 1.80. The van der Waals surface area contributed by atoms with Crippen molar-refractivity contribution in [1.82, 2.24) is 9.88 Å². The van der Waals surface area contributed by atoms with Crippen molar-refractivity contribution in [1.29, 1.82) is 0 Å². The molecule has 0 aliphatic rings. The molecule has 0 bridgehead atoms. The van der Waals surface area contributed by atoms with Crippen LogP contribution in [0.2, 0.25) is 0 Å². The molecule has 0 fully saturated rings. The van der Waals surface area contributed by atoms with E-state index >= 15 is 0 Å². The Balaban J connectivity index is 2.46. The Morgan fingerprint density at radius 3 is 2.69 bits per heavy atom. The minimum absolute atomic E-state index is 0.0348. The molecule has 1 atom stereocenters. The maximum absolute atomic E-state index is 11.7. The van der Waals surface area contributed by atoms with Gasteiger partial charge in [0, 0.05) is 38.4 Å². The van der Waals surface area contributed by atoms with E-state index < -0.39 is 0 Å². The van der Waals surface area contributed by atoms with Crippen LogP contribution < -0.4 is 5.73 Å². The highest BCUT2D eigenvalue weighted by Gasteiger charge is 2.12. The fourth-order valence-electron chi connectivity index (χ4n) is 1.37. The van der Waals surface area contributed by atoms with Crippen LogP contribution >= 0.6 is 0 Å². The van der Waals surface area contributed by atoms with Crippen LogP contribution in [-0.4, -0.2) is 28.9 Å². The van der Waals surface area contributed by atoms with Crippen LogP contribution in [-0.2, 0) is 11.3 Å². The molecule has 0 aliphatic carbocycles. The van der Waals surface area contributed by atoms with Gasteiger partial charge in [-0.05, 0) is 24.1 Å². The second kappa shape index (κ2) is 6.23. The number of carbonyl (C=O) groups is 1. The van der Waals surface area contributed by atoms with Crippen LogP contribution in [0.15, 0.2) is 24.5 Å². The largest absolute Gasteiger partial charge is 0.341 e. The summed E-state index contributed by atoms with van der Waals surface area (Å²) in [6, 6.07) is 3.78. The molecule has 16 heavy (non-hydrogen) atoms. The molecule has 0 spiro atoms. The number of rotatable bonds is 5. The highest BCUT2D eigenvalue weighted by Crippen LogP contribution is 2.04. The molecule has 0 saturated heterocycles. The SMILES string of the molecule is CCC(N)CC(=O)N(C)Cc1ccncc1. The molecule has 1 rings (SSSR count). The number of aromatic nitrogens is 1. The Labute approximate surface area is 96.5 Å². The molecule has 0 radical (unpaired) electrons. The third-order valence-corrected chi connectivity index (χ3v) is 2.56. The average Bonchev–Trinajstić information content (AvgIpc) is 2.30. The summed E-state index contributed by atoms with van der Waals surface area (Å²) in [4.78, 5) is 17.4. The Bertz CT molecular complexity index is 326. The number of pyridine rings is 1. The quantitative estimate of drug-likeness (QED) is 0.812. The average molecular weight is 221 g/mol. The summed E-state index contributed by atoms with van der Waals surface area (Å²) in [6.07, 6.45) is 4.70. The predicted molar refractivity (Wildman–Crippen MR) is 63.6 cm³/mol. The summed E-state index contributed by atoms with van der Waals surface area (Å²) in [5.74, 6) is 0.0890. The zero-order valence-electron chi connectivity index (χ0n) is 9.89. The molecular weight excluding hydrogens is 202 g/mol. The predicted octanol–water partition coefficient (Wildman–Crippen LogP) is 1.17. The van der Waals surface area contributed by atoms with Crippen LogP contribution in [0.25, 0.3) is 0 Å². The van der Waals surface area contributed by atoms with Gasteiger partial charge in [-0.15, -0.1) is 0 Å². The topological polar surface area (TPSA) is 59.2 Å². The summed E-state index contributed by atoms with van der Waals surface area (Å²) in [6.45, 7) is 2.60.